The smallest absolute Gasteiger partial charge is 0.0944 e. The van der Waals surface area contributed by atoms with E-state index in [4.69, 9.17) is 21.4 Å². The third kappa shape index (κ3) is 8.56. The van der Waals surface area contributed by atoms with E-state index in [1.165, 1.54) is 0 Å². The first-order chi connectivity index (χ1) is 4.35. The summed E-state index contributed by atoms with van der Waals surface area (Å²) in [6.45, 7) is 1.06. The van der Waals surface area contributed by atoms with E-state index in [2.05, 4.69) is 12.6 Å². The van der Waals surface area contributed by atoms with Gasteiger partial charge in [0.25, 0.3) is 0 Å². The summed E-state index contributed by atoms with van der Waals surface area (Å²) in [7, 11) is 0. The van der Waals surface area contributed by atoms with Crippen LogP contribution >= 0.6 is 24.2 Å². The largest absolute Gasteiger partial charge is 0.396 e. The van der Waals surface area contributed by atoms with Crippen molar-refractivity contribution in [1.82, 2.24) is 0 Å². The van der Waals surface area contributed by atoms with Gasteiger partial charge in [0.2, 0.25) is 0 Å². The first kappa shape index (κ1) is 9.56. The molecule has 1 heterocycles. The van der Waals surface area contributed by atoms with Gasteiger partial charge >= 0.3 is 0 Å². The molecule has 9 heavy (non-hydrogen) atoms. The quantitative estimate of drug-likeness (QED) is 0.360. The van der Waals surface area contributed by atoms with E-state index in [-0.39, 0.29) is 6.61 Å². The second-order valence-electron chi connectivity index (χ2n) is 1.56. The molecule has 1 saturated heterocycles. The van der Waals surface area contributed by atoms with E-state index in [1.54, 1.807) is 0 Å². The lowest BCUT2D eigenvalue weighted by Gasteiger charge is -1.69. The molecule has 56 valence electrons. The molecule has 2 nitrogen and oxygen atoms in total. The van der Waals surface area contributed by atoms with Crippen LogP contribution in [0.2, 0.25) is 0 Å². The molecule has 1 fully saturated rings. The van der Waals surface area contributed by atoms with Crippen molar-refractivity contribution in [2.45, 2.75) is 6.10 Å². The fourth-order valence-electron chi connectivity index (χ4n) is 0.157. The van der Waals surface area contributed by atoms with E-state index in [9.17, 15) is 0 Å². The number of hydrogen-bond donors (Lipinski definition) is 2. The van der Waals surface area contributed by atoms with Crippen molar-refractivity contribution in [3.05, 3.63) is 0 Å². The van der Waals surface area contributed by atoms with Crippen molar-refractivity contribution in [2.24, 2.45) is 0 Å². The summed E-state index contributed by atoms with van der Waals surface area (Å²) >= 11 is 8.94. The Morgan fingerprint density at radius 3 is 2.22 bits per heavy atom. The maximum atomic E-state index is 7.80. The summed E-state index contributed by atoms with van der Waals surface area (Å²) in [6.07, 6.45) is 0.400. The zero-order valence-electron chi connectivity index (χ0n) is 5.09. The normalized spacial score (nSPS) is 22.3. The van der Waals surface area contributed by atoms with Gasteiger partial charge in [-0.05, 0) is 0 Å². The molecular formula is C5H11ClO2S. The third-order valence-electron chi connectivity index (χ3n) is 0.674. The number of aliphatic hydroxyl groups excluding tert-OH is 1. The second kappa shape index (κ2) is 6.68. The molecule has 1 aliphatic rings. The van der Waals surface area contributed by atoms with Crippen LogP contribution in [0.15, 0.2) is 0 Å². The molecular weight excluding hydrogens is 160 g/mol. The SMILES string of the molecule is ClCC1CO1.OCCS. The zero-order chi connectivity index (χ0) is 7.11. The van der Waals surface area contributed by atoms with Crippen LogP contribution < -0.4 is 0 Å². The Morgan fingerprint density at radius 1 is 1.78 bits per heavy atom. The summed E-state index contributed by atoms with van der Waals surface area (Å²) in [5.41, 5.74) is 0. The van der Waals surface area contributed by atoms with Crippen LogP contribution in [0, 0.1) is 0 Å². The highest BCUT2D eigenvalue weighted by Gasteiger charge is 2.19. The fraction of sp³-hybridized carbons (Fsp3) is 1.00. The highest BCUT2D eigenvalue weighted by Crippen LogP contribution is 2.08. The first-order valence-corrected chi connectivity index (χ1v) is 3.91. The minimum atomic E-state index is 0.184. The van der Waals surface area contributed by atoms with E-state index >= 15 is 0 Å². The Morgan fingerprint density at radius 2 is 2.22 bits per heavy atom. The van der Waals surface area contributed by atoms with Crippen LogP contribution in [0.1, 0.15) is 0 Å². The Labute approximate surface area is 65.6 Å². The second-order valence-corrected chi connectivity index (χ2v) is 2.31. The molecule has 1 aliphatic heterocycles. The molecule has 4 heteroatoms. The minimum Gasteiger partial charge on any atom is -0.396 e. The number of alkyl halides is 1. The van der Waals surface area contributed by atoms with Crippen LogP contribution in [0.5, 0.6) is 0 Å². The topological polar surface area (TPSA) is 32.8 Å². The van der Waals surface area contributed by atoms with Gasteiger partial charge in [0.1, 0.15) is 0 Å². The van der Waals surface area contributed by atoms with Gasteiger partial charge in [0, 0.05) is 5.75 Å². The van der Waals surface area contributed by atoms with Crippen LogP contribution in [0.3, 0.4) is 0 Å². The Bertz CT molecular complexity index is 56.9. The van der Waals surface area contributed by atoms with Crippen LogP contribution in [0.4, 0.5) is 0 Å². The van der Waals surface area contributed by atoms with Crippen molar-refractivity contribution in [3.63, 3.8) is 0 Å². The monoisotopic (exact) mass is 170 g/mol. The van der Waals surface area contributed by atoms with E-state index < -0.39 is 0 Å². The summed E-state index contributed by atoms with van der Waals surface area (Å²) in [6, 6.07) is 0. The van der Waals surface area contributed by atoms with Crippen molar-refractivity contribution in [2.75, 3.05) is 24.8 Å². The molecule has 0 bridgehead atoms. The van der Waals surface area contributed by atoms with Crippen molar-refractivity contribution >= 4 is 24.2 Å². The molecule has 1 unspecified atom stereocenters. The predicted octanol–water partition coefficient (Wildman–Crippen LogP) is 0.532. The molecule has 1 rings (SSSR count). The third-order valence-corrected chi connectivity index (χ3v) is 1.22. The number of halogens is 1. The van der Waals surface area contributed by atoms with Crippen LogP contribution in [0.25, 0.3) is 0 Å². The van der Waals surface area contributed by atoms with E-state index in [1.807, 2.05) is 0 Å². The Hall–Kier alpha value is 0.560. The first-order valence-electron chi connectivity index (χ1n) is 2.74. The molecule has 0 aromatic carbocycles. The lowest BCUT2D eigenvalue weighted by Crippen LogP contribution is -1.80. The van der Waals surface area contributed by atoms with Gasteiger partial charge in [-0.25, -0.2) is 0 Å². The Kier molecular flexibility index (Phi) is 7.09. The van der Waals surface area contributed by atoms with Gasteiger partial charge in [-0.3, -0.25) is 0 Å². The minimum absolute atomic E-state index is 0.184. The molecule has 0 aromatic rings. The van der Waals surface area contributed by atoms with Gasteiger partial charge in [-0.2, -0.15) is 12.6 Å². The standard InChI is InChI=1S/C3H5ClO.C2H6OS/c4-1-3-2-5-3;3-1-2-4/h3H,1-2H2;3-4H,1-2H2. The lowest BCUT2D eigenvalue weighted by atomic mass is 10.6. The van der Waals surface area contributed by atoms with Gasteiger partial charge in [-0.1, -0.05) is 0 Å². The van der Waals surface area contributed by atoms with Gasteiger partial charge in [-0.15, -0.1) is 11.6 Å². The van der Waals surface area contributed by atoms with Crippen molar-refractivity contribution < 1.29 is 9.84 Å². The average Bonchev–Trinajstić information content (AvgIpc) is 2.70. The lowest BCUT2D eigenvalue weighted by molar-refractivity contribution is 0.323. The van der Waals surface area contributed by atoms with Gasteiger partial charge < -0.3 is 9.84 Å². The molecule has 0 aliphatic carbocycles. The highest BCUT2D eigenvalue weighted by molar-refractivity contribution is 7.80. The van der Waals surface area contributed by atoms with Crippen molar-refractivity contribution in [3.8, 4) is 0 Å². The predicted molar refractivity (Wildman–Crippen MR) is 41.4 cm³/mol. The maximum Gasteiger partial charge on any atom is 0.0944 e. The number of aliphatic hydroxyl groups is 1. The van der Waals surface area contributed by atoms with Crippen LogP contribution in [-0.4, -0.2) is 36.1 Å². The molecule has 0 aromatic heterocycles. The summed E-state index contributed by atoms with van der Waals surface area (Å²) in [5.74, 6) is 1.24. The van der Waals surface area contributed by atoms with Gasteiger partial charge in [0.05, 0.1) is 25.2 Å². The summed E-state index contributed by atoms with van der Waals surface area (Å²) in [4.78, 5) is 0. The highest BCUT2D eigenvalue weighted by atomic mass is 35.5. The number of ether oxygens (including phenoxy) is 1. The zero-order valence-corrected chi connectivity index (χ0v) is 6.74. The number of thiol groups is 1. The van der Waals surface area contributed by atoms with E-state index in [0.717, 1.165) is 6.61 Å². The Balaban J connectivity index is 0.000000148. The average molecular weight is 171 g/mol. The summed E-state index contributed by atoms with van der Waals surface area (Å²) < 4.78 is 4.73. The van der Waals surface area contributed by atoms with E-state index in [0.29, 0.717) is 17.7 Å². The fourth-order valence-corrected chi connectivity index (χ4v) is 0.335. The molecule has 1 N–H and O–H groups in total. The van der Waals surface area contributed by atoms with Crippen LogP contribution in [-0.2, 0) is 4.74 Å². The molecule has 0 spiro atoms. The molecule has 1 atom stereocenters. The van der Waals surface area contributed by atoms with Crippen molar-refractivity contribution in [1.29, 1.82) is 0 Å². The summed E-state index contributed by atoms with van der Waals surface area (Å²) in [5, 5.41) is 7.80. The molecule has 0 saturated carbocycles. The number of rotatable bonds is 2. The maximum absolute atomic E-state index is 7.80. The molecule has 0 amide bonds. The molecule has 0 radical (unpaired) electrons. The number of epoxide rings is 1. The van der Waals surface area contributed by atoms with Gasteiger partial charge in [0.15, 0.2) is 0 Å². The number of hydrogen-bond acceptors (Lipinski definition) is 3.